The first-order chi connectivity index (χ1) is 11.6. The normalized spacial score (nSPS) is 21.1. The molecular formula is C12H25N3O9S. The minimum absolute atomic E-state index is 0.237. The minimum Gasteiger partial charge on any atom is -0.480 e. The van der Waals surface area contributed by atoms with Crippen LogP contribution >= 0.6 is 11.8 Å². The van der Waals surface area contributed by atoms with E-state index in [9.17, 15) is 14.4 Å². The van der Waals surface area contributed by atoms with Gasteiger partial charge in [0.2, 0.25) is 11.0 Å². The number of rotatable bonds is 5. The molecule has 1 fully saturated rings. The monoisotopic (exact) mass is 387 g/mol. The first-order valence-corrected chi connectivity index (χ1v) is 7.95. The summed E-state index contributed by atoms with van der Waals surface area (Å²) < 4.78 is 0. The number of carbonyl (C=O) groups is 3. The van der Waals surface area contributed by atoms with Crippen molar-refractivity contribution in [3.8, 4) is 0 Å². The Labute approximate surface area is 147 Å². The van der Waals surface area contributed by atoms with Crippen LogP contribution in [0.2, 0.25) is 0 Å². The Hall–Kier alpha value is -1.32. The minimum atomic E-state index is -1.18. The molecule has 25 heavy (non-hydrogen) atoms. The maximum atomic E-state index is 11.1. The highest BCUT2D eigenvalue weighted by atomic mass is 32.2. The summed E-state index contributed by atoms with van der Waals surface area (Å²) in [4.78, 5) is 31.7. The molecule has 1 saturated heterocycles. The Kier molecular flexibility index (Phi) is 15.5. The van der Waals surface area contributed by atoms with Crippen LogP contribution in [0.5, 0.6) is 0 Å². The summed E-state index contributed by atoms with van der Waals surface area (Å²) in [5.74, 6) is -1.28. The van der Waals surface area contributed by atoms with Gasteiger partial charge in [-0.25, -0.2) is 0 Å². The number of amides is 1. The molecule has 0 aromatic rings. The average molecular weight is 387 g/mol. The topological polar surface area (TPSA) is 237 Å². The second-order valence-electron chi connectivity index (χ2n) is 4.63. The molecule has 0 aromatic heterocycles. The molecule has 1 amide bonds. The number of carboxylic acids is 1. The molecule has 12 nitrogen and oxygen atoms in total. The number of nitrogens with one attached hydrogen (secondary N) is 1. The van der Waals surface area contributed by atoms with Crippen molar-refractivity contribution in [1.82, 2.24) is 5.32 Å². The SMILES string of the molecule is NC(CO)C(=O)O.NC1CSC(=O)C(CO)NC1=O.OCC(O)CO. The Morgan fingerprint density at radius 2 is 1.72 bits per heavy atom. The van der Waals surface area contributed by atoms with E-state index in [0.717, 1.165) is 11.8 Å². The molecule has 0 bridgehead atoms. The second kappa shape index (κ2) is 15.0. The van der Waals surface area contributed by atoms with Gasteiger partial charge in [0.1, 0.15) is 18.2 Å². The fraction of sp³-hybridized carbons (Fsp3) is 0.750. The van der Waals surface area contributed by atoms with Crippen LogP contribution in [0.4, 0.5) is 0 Å². The molecule has 13 heteroatoms. The summed E-state index contributed by atoms with van der Waals surface area (Å²) in [6, 6.07) is -2.58. The van der Waals surface area contributed by atoms with Crippen LogP contribution < -0.4 is 16.8 Å². The van der Waals surface area contributed by atoms with Crippen molar-refractivity contribution >= 4 is 28.8 Å². The summed E-state index contributed by atoms with van der Waals surface area (Å²) >= 11 is 0.976. The van der Waals surface area contributed by atoms with Gasteiger partial charge >= 0.3 is 5.97 Å². The maximum absolute atomic E-state index is 11.1. The van der Waals surface area contributed by atoms with E-state index < -0.39 is 36.8 Å². The lowest BCUT2D eigenvalue weighted by Crippen LogP contribution is -2.47. The van der Waals surface area contributed by atoms with Crippen LogP contribution in [-0.4, -0.2) is 104 Å². The van der Waals surface area contributed by atoms with Gasteiger partial charge in [0.05, 0.1) is 32.5 Å². The highest BCUT2D eigenvalue weighted by Gasteiger charge is 2.28. The van der Waals surface area contributed by atoms with Gasteiger partial charge in [-0.3, -0.25) is 14.4 Å². The van der Waals surface area contributed by atoms with Gasteiger partial charge in [-0.1, -0.05) is 11.8 Å². The van der Waals surface area contributed by atoms with Gasteiger partial charge in [-0.05, 0) is 0 Å². The third kappa shape index (κ3) is 12.7. The van der Waals surface area contributed by atoms with E-state index in [2.05, 4.69) is 5.32 Å². The van der Waals surface area contributed by atoms with Gasteiger partial charge in [-0.2, -0.15) is 0 Å². The zero-order valence-corrected chi connectivity index (χ0v) is 14.1. The lowest BCUT2D eigenvalue weighted by atomic mass is 10.3. The van der Waals surface area contributed by atoms with Gasteiger partial charge in [0.15, 0.2) is 0 Å². The van der Waals surface area contributed by atoms with E-state index in [1.807, 2.05) is 0 Å². The van der Waals surface area contributed by atoms with Crippen molar-refractivity contribution in [1.29, 1.82) is 0 Å². The van der Waals surface area contributed by atoms with Crippen LogP contribution in [0.25, 0.3) is 0 Å². The smallest absolute Gasteiger partial charge is 0.322 e. The van der Waals surface area contributed by atoms with Crippen molar-refractivity contribution < 1.29 is 45.0 Å². The Balaban J connectivity index is 0. The number of carbonyl (C=O) groups excluding carboxylic acids is 2. The van der Waals surface area contributed by atoms with Crippen LogP contribution in [0.15, 0.2) is 0 Å². The predicted molar refractivity (Wildman–Crippen MR) is 87.3 cm³/mol. The summed E-state index contributed by atoms with van der Waals surface area (Å²) in [5.41, 5.74) is 10.2. The van der Waals surface area contributed by atoms with Crippen molar-refractivity contribution in [2.24, 2.45) is 11.5 Å². The predicted octanol–water partition coefficient (Wildman–Crippen LogP) is -5.21. The van der Waals surface area contributed by atoms with Gasteiger partial charge in [0, 0.05) is 5.75 Å². The zero-order valence-electron chi connectivity index (χ0n) is 13.3. The lowest BCUT2D eigenvalue weighted by Gasteiger charge is -2.10. The quantitative estimate of drug-likeness (QED) is 0.215. The van der Waals surface area contributed by atoms with E-state index in [0.29, 0.717) is 0 Å². The molecule has 3 atom stereocenters. The molecular weight excluding hydrogens is 362 g/mol. The summed E-state index contributed by atoms with van der Waals surface area (Å²) in [6.07, 6.45) is -0.954. The Bertz CT molecular complexity index is 407. The zero-order chi connectivity index (χ0) is 20.0. The van der Waals surface area contributed by atoms with Gasteiger partial charge in [0.25, 0.3) is 0 Å². The Morgan fingerprint density at radius 3 is 2.00 bits per heavy atom. The second-order valence-corrected chi connectivity index (χ2v) is 5.65. The number of nitrogens with two attached hydrogens (primary N) is 2. The van der Waals surface area contributed by atoms with Crippen LogP contribution in [0.3, 0.4) is 0 Å². The number of aliphatic hydroxyl groups excluding tert-OH is 5. The standard InChI is InChI=1S/C6H10N2O3S.C3H7NO3.C3H8O3/c7-3-2-12-6(11)4(1-9)8-5(3)10;4-2(1-5)3(6)7;4-1-3(6)2-5/h3-4,9H,1-2,7H2,(H,8,10);2,5H,1,4H2,(H,6,7);3-6H,1-2H2. The van der Waals surface area contributed by atoms with Crippen molar-refractivity contribution in [3.05, 3.63) is 0 Å². The number of thioether (sulfide) groups is 1. The molecule has 0 saturated carbocycles. The number of hydrogen-bond donors (Lipinski definition) is 9. The fourth-order valence-corrected chi connectivity index (χ4v) is 1.77. The van der Waals surface area contributed by atoms with E-state index in [1.165, 1.54) is 0 Å². The van der Waals surface area contributed by atoms with Gasteiger partial charge in [-0.15, -0.1) is 0 Å². The summed E-state index contributed by atoms with van der Waals surface area (Å²) in [7, 11) is 0. The molecule has 1 heterocycles. The summed E-state index contributed by atoms with van der Waals surface area (Å²) in [5, 5.41) is 50.7. The molecule has 0 aliphatic carbocycles. The molecule has 1 aliphatic heterocycles. The fourth-order valence-electron chi connectivity index (χ4n) is 0.942. The molecule has 3 unspecified atom stereocenters. The largest absolute Gasteiger partial charge is 0.480 e. The first-order valence-electron chi connectivity index (χ1n) is 6.96. The molecule has 0 spiro atoms. The van der Waals surface area contributed by atoms with Crippen molar-refractivity contribution in [2.45, 2.75) is 24.2 Å². The summed E-state index contributed by atoms with van der Waals surface area (Å²) in [6.45, 7) is -1.60. The van der Waals surface area contributed by atoms with Crippen molar-refractivity contribution in [3.63, 3.8) is 0 Å². The van der Waals surface area contributed by atoms with Crippen molar-refractivity contribution in [2.75, 3.05) is 32.2 Å². The maximum Gasteiger partial charge on any atom is 0.322 e. The van der Waals surface area contributed by atoms with E-state index in [4.69, 9.17) is 42.1 Å². The molecule has 148 valence electrons. The number of aliphatic hydroxyl groups is 5. The van der Waals surface area contributed by atoms with Gasteiger partial charge < -0.3 is 47.4 Å². The first kappa shape index (κ1) is 25.9. The van der Waals surface area contributed by atoms with Crippen LogP contribution in [-0.2, 0) is 14.4 Å². The third-order valence-corrected chi connectivity index (χ3v) is 3.56. The highest BCUT2D eigenvalue weighted by Crippen LogP contribution is 2.10. The lowest BCUT2D eigenvalue weighted by molar-refractivity contribution is -0.139. The highest BCUT2D eigenvalue weighted by molar-refractivity contribution is 8.13. The molecule has 1 aliphatic rings. The Morgan fingerprint density at radius 1 is 1.20 bits per heavy atom. The number of carboxylic acid groups (broad SMARTS) is 1. The van der Waals surface area contributed by atoms with E-state index in [-0.39, 0.29) is 36.6 Å². The average Bonchev–Trinajstić information content (AvgIpc) is 2.74. The van der Waals surface area contributed by atoms with E-state index in [1.54, 1.807) is 0 Å². The molecule has 1 rings (SSSR count). The molecule has 11 N–H and O–H groups in total. The molecule has 0 aromatic carbocycles. The third-order valence-electron chi connectivity index (χ3n) is 2.46. The molecule has 0 radical (unpaired) electrons. The van der Waals surface area contributed by atoms with Crippen LogP contribution in [0, 0.1) is 0 Å². The number of hydrogen-bond acceptors (Lipinski definition) is 11. The number of aliphatic carboxylic acids is 1. The van der Waals surface area contributed by atoms with E-state index >= 15 is 0 Å². The van der Waals surface area contributed by atoms with Crippen LogP contribution in [0.1, 0.15) is 0 Å².